The Morgan fingerprint density at radius 2 is 2.05 bits per heavy atom. The second-order valence-corrected chi connectivity index (χ2v) is 6.80. The van der Waals surface area contributed by atoms with Crippen molar-refractivity contribution in [2.24, 2.45) is 0 Å². The number of alkyl halides is 3. The van der Waals surface area contributed by atoms with Crippen LogP contribution < -0.4 is 0 Å². The van der Waals surface area contributed by atoms with E-state index in [2.05, 4.69) is 34.8 Å². The molecule has 0 bridgehead atoms. The normalized spacial score (nSPS) is 17.7. The van der Waals surface area contributed by atoms with E-state index in [1.54, 1.807) is 18.2 Å². The van der Waals surface area contributed by atoms with Crippen LogP contribution in [0.25, 0.3) is 6.08 Å². The molecule has 2 rings (SSSR count). The fourth-order valence-corrected chi connectivity index (χ4v) is 3.34. The lowest BCUT2D eigenvalue weighted by atomic mass is 10.2. The molecule has 0 spiro atoms. The number of thiocarbonyl (C=S) groups is 1. The van der Waals surface area contributed by atoms with Gasteiger partial charge in [-0.05, 0) is 46.4 Å². The van der Waals surface area contributed by atoms with Crippen LogP contribution in [0.1, 0.15) is 5.56 Å². The van der Waals surface area contributed by atoms with E-state index >= 15 is 0 Å². The van der Waals surface area contributed by atoms with Crippen LogP contribution >= 0.6 is 46.6 Å². The molecule has 1 aromatic rings. The summed E-state index contributed by atoms with van der Waals surface area (Å²) in [6, 6.07) is 7.02. The van der Waals surface area contributed by atoms with E-state index in [4.69, 9.17) is 0 Å². The lowest BCUT2D eigenvalue weighted by molar-refractivity contribution is -0.182. The van der Waals surface area contributed by atoms with Gasteiger partial charge >= 0.3 is 12.1 Å². The maximum absolute atomic E-state index is 12.4. The van der Waals surface area contributed by atoms with E-state index in [0.29, 0.717) is 17.3 Å². The summed E-state index contributed by atoms with van der Waals surface area (Å²) in [5.74, 6) is -3.32. The number of benzene rings is 1. The highest BCUT2D eigenvalue weighted by Crippen LogP contribution is 2.35. The van der Waals surface area contributed by atoms with Crippen LogP contribution in [0.2, 0.25) is 0 Å². The molecule has 110 valence electrons. The van der Waals surface area contributed by atoms with E-state index in [1.807, 2.05) is 6.07 Å². The van der Waals surface area contributed by atoms with E-state index in [0.717, 1.165) is 3.57 Å². The van der Waals surface area contributed by atoms with E-state index in [1.165, 1.54) is 6.08 Å². The maximum atomic E-state index is 12.4. The van der Waals surface area contributed by atoms with E-state index in [9.17, 15) is 22.8 Å². The molecule has 3 nitrogen and oxygen atoms in total. The minimum atomic E-state index is -5.14. The molecule has 1 saturated heterocycles. The lowest BCUT2D eigenvalue weighted by Gasteiger charge is -2.13. The minimum Gasteiger partial charge on any atom is -0.268 e. The van der Waals surface area contributed by atoms with Gasteiger partial charge < -0.3 is 0 Å². The van der Waals surface area contributed by atoms with Gasteiger partial charge in [-0.2, -0.15) is 13.2 Å². The molecule has 0 aliphatic carbocycles. The molecule has 1 aromatic carbocycles. The van der Waals surface area contributed by atoms with Gasteiger partial charge in [-0.3, -0.25) is 9.59 Å². The number of halogens is 4. The standard InChI is InChI=1S/C12H5F3INO2S2/c13-12(14,15)10(19)17-9(18)8(21-11(17)20)5-6-2-1-3-7(16)4-6/h1-5H/b8-5+. The van der Waals surface area contributed by atoms with Crippen LogP contribution in [0, 0.1) is 3.57 Å². The Labute approximate surface area is 140 Å². The van der Waals surface area contributed by atoms with Gasteiger partial charge in [-0.25, -0.2) is 4.90 Å². The van der Waals surface area contributed by atoms with Crippen LogP contribution in [0.3, 0.4) is 0 Å². The Morgan fingerprint density at radius 1 is 1.38 bits per heavy atom. The van der Waals surface area contributed by atoms with Crippen molar-refractivity contribution in [3.63, 3.8) is 0 Å². The highest BCUT2D eigenvalue weighted by atomic mass is 127. The van der Waals surface area contributed by atoms with Gasteiger partial charge in [0.25, 0.3) is 5.91 Å². The van der Waals surface area contributed by atoms with Gasteiger partial charge in [0.15, 0.2) is 4.32 Å². The number of amides is 2. The topological polar surface area (TPSA) is 37.4 Å². The highest BCUT2D eigenvalue weighted by molar-refractivity contribution is 14.1. The van der Waals surface area contributed by atoms with Crippen LogP contribution in [0.4, 0.5) is 13.2 Å². The van der Waals surface area contributed by atoms with Gasteiger partial charge in [0, 0.05) is 3.57 Å². The van der Waals surface area contributed by atoms with E-state index < -0.39 is 22.3 Å². The number of carbonyl (C=O) groups is 2. The van der Waals surface area contributed by atoms with Crippen molar-refractivity contribution in [3.8, 4) is 0 Å². The summed E-state index contributed by atoms with van der Waals surface area (Å²) in [5.41, 5.74) is 0.641. The zero-order chi connectivity index (χ0) is 15.8. The Hall–Kier alpha value is -0.940. The smallest absolute Gasteiger partial charge is 0.268 e. The first-order valence-electron chi connectivity index (χ1n) is 5.35. The molecule has 9 heteroatoms. The molecule has 1 aliphatic rings. The molecule has 0 saturated carbocycles. The summed E-state index contributed by atoms with van der Waals surface area (Å²) in [6.45, 7) is 0. The van der Waals surface area contributed by atoms with E-state index in [-0.39, 0.29) is 9.81 Å². The number of thioether (sulfide) groups is 1. The first kappa shape index (κ1) is 16.4. The summed E-state index contributed by atoms with van der Waals surface area (Å²) in [7, 11) is 0. The largest absolute Gasteiger partial charge is 0.472 e. The zero-order valence-corrected chi connectivity index (χ0v) is 13.8. The monoisotopic (exact) mass is 443 g/mol. The third-order valence-corrected chi connectivity index (χ3v) is 4.36. The first-order chi connectivity index (χ1) is 9.70. The SMILES string of the molecule is O=C1/C(=C\c2cccc(I)c2)SC(=S)N1C(=O)C(F)(F)F. The lowest BCUT2D eigenvalue weighted by Crippen LogP contribution is -2.43. The van der Waals surface area contributed by atoms with Gasteiger partial charge in [-0.1, -0.05) is 36.1 Å². The van der Waals surface area contributed by atoms with Gasteiger partial charge in [-0.15, -0.1) is 0 Å². The van der Waals surface area contributed by atoms with Gasteiger partial charge in [0.1, 0.15) is 0 Å². The fraction of sp³-hybridized carbons (Fsp3) is 0.0833. The Morgan fingerprint density at radius 3 is 2.62 bits per heavy atom. The summed E-state index contributed by atoms with van der Waals surface area (Å²) in [6.07, 6.45) is -3.73. The van der Waals surface area contributed by atoms with Crippen LogP contribution in [0.5, 0.6) is 0 Å². The Balaban J connectivity index is 2.32. The fourth-order valence-electron chi connectivity index (χ4n) is 1.52. The van der Waals surface area contributed by atoms with Crippen molar-refractivity contribution in [3.05, 3.63) is 38.3 Å². The van der Waals surface area contributed by atoms with Crippen LogP contribution in [-0.2, 0) is 9.59 Å². The molecule has 2 amide bonds. The number of hydrogen-bond acceptors (Lipinski definition) is 4. The Kier molecular flexibility index (Phi) is 4.73. The summed E-state index contributed by atoms with van der Waals surface area (Å²) in [4.78, 5) is 23.1. The van der Waals surface area contributed by atoms with Crippen molar-refractivity contribution >= 4 is 68.8 Å². The molecule has 1 fully saturated rings. The average Bonchev–Trinajstić information content (AvgIpc) is 2.62. The molecular weight excluding hydrogens is 438 g/mol. The minimum absolute atomic E-state index is 0.0141. The molecule has 0 atom stereocenters. The van der Waals surface area contributed by atoms with Crippen LogP contribution in [-0.4, -0.2) is 27.2 Å². The number of carbonyl (C=O) groups excluding carboxylic acids is 2. The maximum Gasteiger partial charge on any atom is 0.472 e. The van der Waals surface area contributed by atoms with Crippen molar-refractivity contribution < 1.29 is 22.8 Å². The summed E-state index contributed by atoms with van der Waals surface area (Å²) in [5, 5.41) is 0. The molecule has 1 aliphatic heterocycles. The van der Waals surface area contributed by atoms with Crippen molar-refractivity contribution in [2.75, 3.05) is 0 Å². The first-order valence-corrected chi connectivity index (χ1v) is 7.65. The third-order valence-electron chi connectivity index (χ3n) is 2.39. The van der Waals surface area contributed by atoms with Crippen LogP contribution in [0.15, 0.2) is 29.2 Å². The summed E-state index contributed by atoms with van der Waals surface area (Å²) < 4.78 is 37.8. The number of hydrogen-bond donors (Lipinski definition) is 0. The number of imide groups is 1. The van der Waals surface area contributed by atoms with Crippen molar-refractivity contribution in [2.45, 2.75) is 6.18 Å². The Bertz CT molecular complexity index is 673. The molecule has 0 N–H and O–H groups in total. The third kappa shape index (κ3) is 3.64. The molecule has 0 unspecified atom stereocenters. The molecule has 1 heterocycles. The quantitative estimate of drug-likeness (QED) is 0.378. The summed E-state index contributed by atoms with van der Waals surface area (Å²) >= 11 is 7.43. The van der Waals surface area contributed by atoms with Crippen molar-refractivity contribution in [1.29, 1.82) is 0 Å². The predicted octanol–water partition coefficient (Wildman–Crippen LogP) is 3.58. The number of nitrogens with zero attached hydrogens (tertiary/aromatic N) is 1. The molecular formula is C12H5F3INO2S2. The van der Waals surface area contributed by atoms with Crippen molar-refractivity contribution in [1.82, 2.24) is 4.90 Å². The van der Waals surface area contributed by atoms with Gasteiger partial charge in [0.05, 0.1) is 4.91 Å². The molecule has 0 radical (unpaired) electrons. The average molecular weight is 443 g/mol. The predicted molar refractivity (Wildman–Crippen MR) is 85.2 cm³/mol. The second-order valence-electron chi connectivity index (χ2n) is 3.88. The number of rotatable bonds is 1. The van der Waals surface area contributed by atoms with Gasteiger partial charge in [0.2, 0.25) is 0 Å². The molecule has 21 heavy (non-hydrogen) atoms. The second kappa shape index (κ2) is 6.05. The zero-order valence-electron chi connectivity index (χ0n) is 9.98. The highest BCUT2D eigenvalue weighted by Gasteiger charge is 2.49. The molecule has 0 aromatic heterocycles.